The summed E-state index contributed by atoms with van der Waals surface area (Å²) in [5, 5.41) is 5.01. The average molecular weight is 684 g/mol. The van der Waals surface area contributed by atoms with Crippen LogP contribution in [0, 0.1) is 5.92 Å². The molecule has 2 aromatic heterocycles. The van der Waals surface area contributed by atoms with E-state index in [0.29, 0.717) is 47.0 Å². The molecule has 0 spiro atoms. The number of alkyl halides is 3. The molecule has 4 atom stereocenters. The number of ether oxygens (including phenoxy) is 2. The number of hydrogen-bond donors (Lipinski definition) is 2. The number of benzene rings is 1. The van der Waals surface area contributed by atoms with Crippen molar-refractivity contribution in [2.24, 2.45) is 11.8 Å². The maximum absolute atomic E-state index is 13.2. The van der Waals surface area contributed by atoms with Gasteiger partial charge >= 0.3 is 20.7 Å². The number of nitrogens with one attached hydrogen (secondary N) is 1. The van der Waals surface area contributed by atoms with Crippen molar-refractivity contribution in [2.45, 2.75) is 57.2 Å². The first-order valence-corrected chi connectivity index (χ1v) is 15.9. The predicted octanol–water partition coefficient (Wildman–Crippen LogP) is 5.77. The number of esters is 1. The van der Waals surface area contributed by atoms with Crippen molar-refractivity contribution in [1.82, 2.24) is 24.6 Å². The summed E-state index contributed by atoms with van der Waals surface area (Å²) in [4.78, 5) is 26.1. The average Bonchev–Trinajstić information content (AvgIpc) is 3.52. The maximum Gasteiger partial charge on any atom is 0.412 e. The molecule has 2 aliphatic rings. The SMILES string of the molecule is C=C/C(COC(=O)C1(NP(OCC2CC(C)C(n3cnc4c(N(C)N)ncnc43)O2)Oc2ccc(Cl)cc2)CC1)=C(\C)C(F)(F)F. The third kappa shape index (κ3) is 7.62. The third-order valence-electron chi connectivity index (χ3n) is 7.74. The Bertz CT molecular complexity index is 1600. The highest BCUT2D eigenvalue weighted by Gasteiger charge is 2.54. The van der Waals surface area contributed by atoms with Crippen LogP contribution in [0.3, 0.4) is 0 Å². The molecule has 1 saturated carbocycles. The summed E-state index contributed by atoms with van der Waals surface area (Å²) in [6.45, 7) is 5.93. The molecule has 3 aromatic rings. The van der Waals surface area contributed by atoms with Crippen molar-refractivity contribution in [3.05, 3.63) is 65.7 Å². The number of carbonyl (C=O) groups excluding carboxylic acids is 1. The number of nitrogens with zero attached hydrogens (tertiary/aromatic N) is 5. The van der Waals surface area contributed by atoms with Gasteiger partial charge in [-0.25, -0.2) is 25.9 Å². The summed E-state index contributed by atoms with van der Waals surface area (Å²) >= 11 is 6.03. The van der Waals surface area contributed by atoms with Gasteiger partial charge in [-0.3, -0.25) is 14.4 Å². The lowest BCUT2D eigenvalue weighted by molar-refractivity contribution is -0.146. The number of hydrazine groups is 1. The van der Waals surface area contributed by atoms with Gasteiger partial charge < -0.3 is 18.5 Å². The second-order valence-electron chi connectivity index (χ2n) is 11.2. The highest BCUT2D eigenvalue weighted by molar-refractivity contribution is 7.45. The van der Waals surface area contributed by atoms with Crippen LogP contribution in [0.25, 0.3) is 11.2 Å². The Hall–Kier alpha value is -3.33. The van der Waals surface area contributed by atoms with Gasteiger partial charge in [0.25, 0.3) is 0 Å². The molecular weight excluding hydrogens is 650 g/mol. The molecule has 0 radical (unpaired) electrons. The number of halogens is 4. The van der Waals surface area contributed by atoms with E-state index in [2.05, 4.69) is 26.6 Å². The molecule has 0 amide bonds. The van der Waals surface area contributed by atoms with Crippen LogP contribution in [0.4, 0.5) is 19.0 Å². The fourth-order valence-electron chi connectivity index (χ4n) is 4.92. The van der Waals surface area contributed by atoms with E-state index >= 15 is 0 Å². The maximum atomic E-state index is 13.2. The Kier molecular flexibility index (Phi) is 10.2. The van der Waals surface area contributed by atoms with Gasteiger partial charge in [0.15, 0.2) is 17.0 Å². The number of rotatable bonds is 13. The number of anilines is 1. The molecule has 1 aliphatic heterocycles. The Balaban J connectivity index is 1.27. The fraction of sp³-hybridized carbons (Fsp3) is 0.448. The van der Waals surface area contributed by atoms with Crippen LogP contribution >= 0.6 is 20.1 Å². The van der Waals surface area contributed by atoms with E-state index in [1.807, 2.05) is 11.5 Å². The van der Waals surface area contributed by atoms with E-state index in [1.54, 1.807) is 37.6 Å². The van der Waals surface area contributed by atoms with Crippen LogP contribution in [-0.2, 0) is 18.8 Å². The lowest BCUT2D eigenvalue weighted by Gasteiger charge is -2.25. The summed E-state index contributed by atoms with van der Waals surface area (Å²) in [6, 6.07) is 6.61. The molecule has 2 fully saturated rings. The van der Waals surface area contributed by atoms with Crippen molar-refractivity contribution in [2.75, 3.05) is 25.3 Å². The molecule has 5 rings (SSSR count). The van der Waals surface area contributed by atoms with Crippen molar-refractivity contribution < 1.29 is 36.5 Å². The van der Waals surface area contributed by atoms with Gasteiger partial charge in [-0.15, -0.1) is 0 Å². The van der Waals surface area contributed by atoms with E-state index in [1.165, 1.54) is 11.3 Å². The summed E-state index contributed by atoms with van der Waals surface area (Å²) in [7, 11) is -0.276. The third-order valence-corrected chi connectivity index (χ3v) is 9.36. The molecule has 1 aromatic carbocycles. The largest absolute Gasteiger partial charge is 0.459 e. The second-order valence-corrected chi connectivity index (χ2v) is 12.8. The fourth-order valence-corrected chi connectivity index (χ4v) is 6.49. The van der Waals surface area contributed by atoms with Crippen LogP contribution in [0.2, 0.25) is 5.02 Å². The first-order chi connectivity index (χ1) is 21.8. The van der Waals surface area contributed by atoms with Gasteiger partial charge in [-0.2, -0.15) is 13.2 Å². The second kappa shape index (κ2) is 13.8. The van der Waals surface area contributed by atoms with E-state index in [-0.39, 0.29) is 24.2 Å². The van der Waals surface area contributed by atoms with Crippen LogP contribution < -0.4 is 20.5 Å². The number of nitrogens with two attached hydrogens (primary N) is 1. The van der Waals surface area contributed by atoms with Gasteiger partial charge in [-0.05, 0) is 56.0 Å². The Morgan fingerprint density at radius 1 is 1.30 bits per heavy atom. The number of aromatic nitrogens is 4. The smallest absolute Gasteiger partial charge is 0.412 e. The van der Waals surface area contributed by atoms with Gasteiger partial charge in [-0.1, -0.05) is 31.2 Å². The zero-order valence-corrected chi connectivity index (χ0v) is 27.0. The number of allylic oxidation sites excluding steroid dienone is 1. The van der Waals surface area contributed by atoms with Crippen LogP contribution in [0.5, 0.6) is 5.75 Å². The van der Waals surface area contributed by atoms with E-state index < -0.39 is 44.6 Å². The predicted molar refractivity (Wildman–Crippen MR) is 166 cm³/mol. The molecule has 248 valence electrons. The Labute approximate surface area is 269 Å². The Morgan fingerprint density at radius 2 is 2.02 bits per heavy atom. The lowest BCUT2D eigenvalue weighted by Crippen LogP contribution is -2.39. The highest BCUT2D eigenvalue weighted by Crippen LogP contribution is 2.48. The number of imidazole rings is 1. The molecule has 1 saturated heterocycles. The highest BCUT2D eigenvalue weighted by atomic mass is 35.5. The monoisotopic (exact) mass is 683 g/mol. The standard InChI is InChI=1S/C29H34ClF3N7O5P/c1-5-19(18(3)29(31,32)33)13-42-27(41)28(10-11-28)38-46(45-21-8-6-20(30)7-9-21)43-14-22-12-17(2)26(44-22)40-16-37-23-24(39(4)34)35-15-36-25(23)40/h5-9,15-17,22,26,38H,1,10-14,34H2,2-4H3/b19-18-. The lowest BCUT2D eigenvalue weighted by atomic mass is 10.1. The zero-order valence-electron chi connectivity index (χ0n) is 25.3. The zero-order chi connectivity index (χ0) is 33.2. The van der Waals surface area contributed by atoms with Crippen molar-refractivity contribution >= 4 is 43.1 Å². The summed E-state index contributed by atoms with van der Waals surface area (Å²) in [6.07, 6.45) is 0.205. The number of carbonyl (C=O) groups is 1. The minimum atomic E-state index is -4.57. The molecule has 12 nitrogen and oxygen atoms in total. The normalized spacial score (nSPS) is 21.9. The molecule has 3 heterocycles. The van der Waals surface area contributed by atoms with Gasteiger partial charge in [0.2, 0.25) is 0 Å². The van der Waals surface area contributed by atoms with E-state index in [4.69, 9.17) is 36.0 Å². The topological polar surface area (TPSA) is 139 Å². The molecule has 17 heteroatoms. The van der Waals surface area contributed by atoms with Crippen LogP contribution in [0.1, 0.15) is 39.3 Å². The molecule has 3 N–H and O–H groups in total. The molecular formula is C29H34ClF3N7O5P. The van der Waals surface area contributed by atoms with Crippen LogP contribution in [-0.4, -0.2) is 63.6 Å². The molecule has 1 aliphatic carbocycles. The number of fused-ring (bicyclic) bond motifs is 1. The van der Waals surface area contributed by atoms with Gasteiger partial charge in [0.1, 0.15) is 30.5 Å². The van der Waals surface area contributed by atoms with Crippen LogP contribution in [0.15, 0.2) is 60.7 Å². The summed E-state index contributed by atoms with van der Waals surface area (Å²) < 4.78 is 65.4. The van der Waals surface area contributed by atoms with E-state index in [9.17, 15) is 18.0 Å². The first-order valence-electron chi connectivity index (χ1n) is 14.3. The molecule has 46 heavy (non-hydrogen) atoms. The molecule has 4 unspecified atom stereocenters. The van der Waals surface area contributed by atoms with Crippen molar-refractivity contribution in [3.63, 3.8) is 0 Å². The van der Waals surface area contributed by atoms with Crippen molar-refractivity contribution in [3.8, 4) is 5.75 Å². The van der Waals surface area contributed by atoms with Crippen molar-refractivity contribution in [1.29, 1.82) is 0 Å². The first kappa shape index (κ1) is 34.0. The Morgan fingerprint density at radius 3 is 2.65 bits per heavy atom. The van der Waals surface area contributed by atoms with Gasteiger partial charge in [0.05, 0.1) is 19.0 Å². The molecule has 0 bridgehead atoms. The summed E-state index contributed by atoms with van der Waals surface area (Å²) in [5.74, 6) is 6.17. The minimum absolute atomic E-state index is 0.0633. The minimum Gasteiger partial charge on any atom is -0.459 e. The number of hydrogen-bond acceptors (Lipinski definition) is 11. The van der Waals surface area contributed by atoms with E-state index in [0.717, 1.165) is 13.0 Å². The summed E-state index contributed by atoms with van der Waals surface area (Å²) in [5.41, 5.74) is -1.16. The quantitative estimate of drug-likeness (QED) is 0.0747. The van der Waals surface area contributed by atoms with Gasteiger partial charge in [0, 0.05) is 23.6 Å².